The van der Waals surface area contributed by atoms with Gasteiger partial charge >= 0.3 is 0 Å². The second kappa shape index (κ2) is 7.18. The van der Waals surface area contributed by atoms with Crippen LogP contribution in [-0.2, 0) is 4.74 Å². The Balaban J connectivity index is 1.39. The lowest BCUT2D eigenvalue weighted by Crippen LogP contribution is -2.69. The number of anilines is 1. The summed E-state index contributed by atoms with van der Waals surface area (Å²) in [6.07, 6.45) is 1.32. The zero-order valence-corrected chi connectivity index (χ0v) is 16.0. The van der Waals surface area contributed by atoms with Gasteiger partial charge in [-0.2, -0.15) is 0 Å². The molecule has 4 rings (SSSR count). The average molecular weight is 358 g/mol. The summed E-state index contributed by atoms with van der Waals surface area (Å²) in [4.78, 5) is 19.6. The number of hydrogen-bond acceptors (Lipinski definition) is 5. The fraction of sp³-hybridized carbons (Fsp3) is 0.650. The van der Waals surface area contributed by atoms with Gasteiger partial charge in [-0.25, -0.2) is 0 Å². The van der Waals surface area contributed by atoms with E-state index in [0.717, 1.165) is 44.8 Å². The van der Waals surface area contributed by atoms with E-state index >= 15 is 0 Å². The third-order valence-corrected chi connectivity index (χ3v) is 6.24. The molecule has 1 aromatic rings. The number of benzene rings is 1. The van der Waals surface area contributed by atoms with Crippen molar-refractivity contribution in [1.29, 1.82) is 0 Å². The van der Waals surface area contributed by atoms with Crippen LogP contribution in [0.25, 0.3) is 0 Å². The molecule has 0 radical (unpaired) electrons. The molecule has 2 heterocycles. The maximum Gasteiger partial charge on any atom is 0.251 e. The van der Waals surface area contributed by atoms with Gasteiger partial charge in [-0.1, -0.05) is 0 Å². The Morgan fingerprint density at radius 1 is 1.15 bits per heavy atom. The highest BCUT2D eigenvalue weighted by atomic mass is 16.5. The van der Waals surface area contributed by atoms with Crippen LogP contribution in [0.15, 0.2) is 24.3 Å². The van der Waals surface area contributed by atoms with Gasteiger partial charge in [0, 0.05) is 50.0 Å². The number of carbonyl (C=O) groups is 1. The Kier molecular flexibility index (Phi) is 4.90. The quantitative estimate of drug-likeness (QED) is 0.866. The van der Waals surface area contributed by atoms with Crippen LogP contribution in [0.5, 0.6) is 0 Å². The fourth-order valence-corrected chi connectivity index (χ4v) is 4.61. The van der Waals surface area contributed by atoms with Crippen LogP contribution in [-0.4, -0.2) is 87.8 Å². The molecule has 26 heavy (non-hydrogen) atoms. The zero-order valence-electron chi connectivity index (χ0n) is 16.0. The standard InChI is InChI=1S/C20H30N4O2/c1-22(2)18-17(16-8-13-26-19(16)18)21-20(25)14-4-6-15(7-5-14)24-11-9-23(3)10-12-24/h4-7,16-19H,8-13H2,1-3H3,(H,21,25)/t16-,17+,18-,19-/m1/s1. The summed E-state index contributed by atoms with van der Waals surface area (Å²) in [5.74, 6) is 0.480. The Labute approximate surface area is 156 Å². The summed E-state index contributed by atoms with van der Waals surface area (Å²) < 4.78 is 5.83. The Hall–Kier alpha value is -1.63. The molecule has 142 valence electrons. The molecule has 6 nitrogen and oxygen atoms in total. The molecule has 3 fully saturated rings. The Morgan fingerprint density at radius 2 is 1.85 bits per heavy atom. The van der Waals surface area contributed by atoms with Crippen LogP contribution in [0.2, 0.25) is 0 Å². The third-order valence-electron chi connectivity index (χ3n) is 6.24. The number of fused-ring (bicyclic) bond motifs is 1. The van der Waals surface area contributed by atoms with E-state index in [0.29, 0.717) is 5.92 Å². The van der Waals surface area contributed by atoms with Gasteiger partial charge in [0.1, 0.15) is 0 Å². The minimum Gasteiger partial charge on any atom is -0.376 e. The molecule has 1 aliphatic carbocycles. The van der Waals surface area contributed by atoms with Crippen molar-refractivity contribution >= 4 is 11.6 Å². The molecule has 0 spiro atoms. The molecule has 0 unspecified atom stereocenters. The molecular weight excluding hydrogens is 328 g/mol. The maximum atomic E-state index is 12.7. The minimum atomic E-state index is 0.0251. The lowest BCUT2D eigenvalue weighted by atomic mass is 9.71. The summed E-state index contributed by atoms with van der Waals surface area (Å²) in [5.41, 5.74) is 1.94. The Morgan fingerprint density at radius 3 is 2.50 bits per heavy atom. The first kappa shape index (κ1) is 17.8. The summed E-state index contributed by atoms with van der Waals surface area (Å²) in [6.45, 7) is 5.06. The normalized spacial score (nSPS) is 31.6. The smallest absolute Gasteiger partial charge is 0.251 e. The summed E-state index contributed by atoms with van der Waals surface area (Å²) in [7, 11) is 6.28. The van der Waals surface area contributed by atoms with Crippen LogP contribution >= 0.6 is 0 Å². The van der Waals surface area contributed by atoms with E-state index in [9.17, 15) is 4.79 Å². The van der Waals surface area contributed by atoms with Crippen LogP contribution in [0.3, 0.4) is 0 Å². The average Bonchev–Trinajstić information content (AvgIpc) is 3.03. The second-order valence-corrected chi connectivity index (χ2v) is 8.08. The number of hydrogen-bond donors (Lipinski definition) is 1. The monoisotopic (exact) mass is 358 g/mol. The third kappa shape index (κ3) is 3.21. The highest BCUT2D eigenvalue weighted by Gasteiger charge is 2.55. The predicted molar refractivity (Wildman–Crippen MR) is 103 cm³/mol. The lowest BCUT2D eigenvalue weighted by molar-refractivity contribution is -0.0664. The highest BCUT2D eigenvalue weighted by molar-refractivity contribution is 5.95. The number of rotatable bonds is 4. The fourth-order valence-electron chi connectivity index (χ4n) is 4.61. The number of ether oxygens (including phenoxy) is 1. The van der Waals surface area contributed by atoms with Gasteiger partial charge < -0.3 is 24.8 Å². The van der Waals surface area contributed by atoms with E-state index in [2.05, 4.69) is 53.3 Å². The van der Waals surface area contributed by atoms with Gasteiger partial charge in [-0.3, -0.25) is 4.79 Å². The summed E-state index contributed by atoms with van der Waals surface area (Å²) >= 11 is 0. The molecule has 1 N–H and O–H groups in total. The van der Waals surface area contributed by atoms with Gasteiger partial charge in [0.05, 0.1) is 18.2 Å². The molecular formula is C20H30N4O2. The van der Waals surface area contributed by atoms with Crippen molar-refractivity contribution in [2.45, 2.75) is 24.6 Å². The molecule has 2 saturated heterocycles. The number of nitrogens with zero attached hydrogens (tertiary/aromatic N) is 3. The molecule has 0 bridgehead atoms. The molecule has 6 heteroatoms. The van der Waals surface area contributed by atoms with Crippen molar-refractivity contribution in [3.05, 3.63) is 29.8 Å². The molecule has 2 aliphatic heterocycles. The van der Waals surface area contributed by atoms with E-state index in [-0.39, 0.29) is 24.1 Å². The number of nitrogens with one attached hydrogen (secondary N) is 1. The number of piperazine rings is 1. The summed E-state index contributed by atoms with van der Waals surface area (Å²) in [5, 5.41) is 3.26. The zero-order chi connectivity index (χ0) is 18.3. The maximum absolute atomic E-state index is 12.7. The summed E-state index contributed by atoms with van der Waals surface area (Å²) in [6, 6.07) is 8.51. The first-order valence-corrected chi connectivity index (χ1v) is 9.67. The van der Waals surface area contributed by atoms with E-state index in [1.54, 1.807) is 0 Å². The van der Waals surface area contributed by atoms with E-state index in [1.807, 2.05) is 12.1 Å². The molecule has 1 aromatic carbocycles. The SMILES string of the molecule is CN1CCN(c2ccc(C(=O)N[C@H]3[C@H]4CCO[C@H]4[C@@H]3N(C)C)cc2)CC1. The van der Waals surface area contributed by atoms with Crippen molar-refractivity contribution in [2.24, 2.45) is 5.92 Å². The van der Waals surface area contributed by atoms with E-state index < -0.39 is 0 Å². The largest absolute Gasteiger partial charge is 0.376 e. The van der Waals surface area contributed by atoms with Crippen LogP contribution in [0.4, 0.5) is 5.69 Å². The van der Waals surface area contributed by atoms with Gasteiger partial charge in [0.15, 0.2) is 0 Å². The topological polar surface area (TPSA) is 48.1 Å². The van der Waals surface area contributed by atoms with Crippen molar-refractivity contribution in [1.82, 2.24) is 15.1 Å². The Bertz CT molecular complexity index is 640. The van der Waals surface area contributed by atoms with Crippen molar-refractivity contribution in [3.8, 4) is 0 Å². The van der Waals surface area contributed by atoms with Crippen molar-refractivity contribution in [3.63, 3.8) is 0 Å². The minimum absolute atomic E-state index is 0.0251. The van der Waals surface area contributed by atoms with Crippen molar-refractivity contribution in [2.75, 3.05) is 58.8 Å². The first-order chi connectivity index (χ1) is 12.5. The first-order valence-electron chi connectivity index (χ1n) is 9.67. The van der Waals surface area contributed by atoms with Crippen molar-refractivity contribution < 1.29 is 9.53 Å². The lowest BCUT2D eigenvalue weighted by Gasteiger charge is -2.50. The molecule has 1 amide bonds. The highest BCUT2D eigenvalue weighted by Crippen LogP contribution is 2.41. The van der Waals surface area contributed by atoms with Gasteiger partial charge in [0.2, 0.25) is 0 Å². The number of carbonyl (C=O) groups excluding carboxylic acids is 1. The number of likely N-dealkylation sites (N-methyl/N-ethyl adjacent to an activating group) is 2. The molecule has 3 aliphatic rings. The molecule has 0 aromatic heterocycles. The second-order valence-electron chi connectivity index (χ2n) is 8.08. The molecule has 1 saturated carbocycles. The molecule has 4 atom stereocenters. The van der Waals surface area contributed by atoms with Gasteiger partial charge in [-0.05, 0) is 51.8 Å². The predicted octanol–water partition coefficient (Wildman–Crippen LogP) is 0.886. The van der Waals surface area contributed by atoms with Gasteiger partial charge in [-0.15, -0.1) is 0 Å². The van der Waals surface area contributed by atoms with Crippen LogP contribution in [0.1, 0.15) is 16.8 Å². The van der Waals surface area contributed by atoms with Crippen LogP contribution < -0.4 is 10.2 Å². The van der Waals surface area contributed by atoms with Crippen LogP contribution in [0, 0.1) is 5.92 Å². The number of amides is 1. The van der Waals surface area contributed by atoms with E-state index in [4.69, 9.17) is 4.74 Å². The van der Waals surface area contributed by atoms with Gasteiger partial charge in [0.25, 0.3) is 5.91 Å². The van der Waals surface area contributed by atoms with E-state index in [1.165, 1.54) is 5.69 Å².